The predicted molar refractivity (Wildman–Crippen MR) is 67.6 cm³/mol. The van der Waals surface area contributed by atoms with Gasteiger partial charge >= 0.3 is 24.2 Å². The van der Waals surface area contributed by atoms with Gasteiger partial charge in [-0.3, -0.25) is 0 Å². The van der Waals surface area contributed by atoms with E-state index in [1.54, 1.807) is 0 Å². The summed E-state index contributed by atoms with van der Waals surface area (Å²) in [6.07, 6.45) is 8.09. The summed E-state index contributed by atoms with van der Waals surface area (Å²) < 4.78 is 0. The monoisotopic (exact) mass is 302 g/mol. The molecule has 4 N–H and O–H groups in total. The molecular weight excluding hydrogens is 288 g/mol. The topological polar surface area (TPSA) is 174 Å². The lowest BCUT2D eigenvalue weighted by Gasteiger charge is -1.70. The average molecular weight is 302 g/mol. The van der Waals surface area contributed by atoms with Gasteiger partial charge in [-0.25, -0.2) is 9.59 Å². The van der Waals surface area contributed by atoms with Crippen LogP contribution in [0.4, 0.5) is 0 Å². The normalized spacial score (nSPS) is 6.86. The van der Waals surface area contributed by atoms with Crippen LogP contribution in [0.25, 0.3) is 0 Å². The Bertz CT molecular complexity index is 366. The molecule has 9 nitrogen and oxygen atoms in total. The number of allylic oxidation sites excluding steroid dienone is 4. The second kappa shape index (κ2) is 36.0. The quantitative estimate of drug-likeness (QED) is 0.522. The number of carbonyl (C=O) groups excluding carboxylic acids is 4. The van der Waals surface area contributed by atoms with E-state index in [1.165, 1.54) is 24.3 Å². The van der Waals surface area contributed by atoms with Crippen molar-refractivity contribution in [1.29, 1.82) is 0 Å². The summed E-state index contributed by atoms with van der Waals surface area (Å²) in [7, 11) is 0. The van der Waals surface area contributed by atoms with E-state index in [0.717, 1.165) is 12.2 Å². The summed E-state index contributed by atoms with van der Waals surface area (Å²) in [5, 5.41) is 15.8. The third-order valence-corrected chi connectivity index (χ3v) is 0.750. The van der Waals surface area contributed by atoms with Gasteiger partial charge in [-0.05, 0) is 0 Å². The number of carboxylic acids is 2. The molecule has 0 fully saturated rings. The van der Waals surface area contributed by atoms with Crippen molar-refractivity contribution in [1.82, 2.24) is 0 Å². The van der Waals surface area contributed by atoms with Crippen LogP contribution in [0.3, 0.4) is 0 Å². The Labute approximate surface area is 119 Å². The van der Waals surface area contributed by atoms with Crippen molar-refractivity contribution in [3.63, 3.8) is 0 Å². The van der Waals surface area contributed by atoms with Crippen molar-refractivity contribution < 1.29 is 44.5 Å². The summed E-state index contributed by atoms with van der Waals surface area (Å²) in [6, 6.07) is 0. The highest BCUT2D eigenvalue weighted by molar-refractivity contribution is 5.80. The molecule has 0 heterocycles. The maximum absolute atomic E-state index is 9.62. The molecule has 0 rings (SSSR count). The molecule has 0 radical (unpaired) electrons. The number of rotatable bonds is 4. The third-order valence-electron chi connectivity index (χ3n) is 0.750. The lowest BCUT2D eigenvalue weighted by atomic mass is 10.5. The van der Waals surface area contributed by atoms with E-state index in [0.29, 0.717) is 0 Å². The van der Waals surface area contributed by atoms with Crippen LogP contribution in [0.1, 0.15) is 0 Å². The first-order valence-electron chi connectivity index (χ1n) is 4.40. The minimum absolute atomic E-state index is 0. The van der Waals surface area contributed by atoms with E-state index in [4.69, 9.17) is 29.4 Å². The third kappa shape index (κ3) is 166. The molecule has 0 saturated heterocycles. The Morgan fingerprint density at radius 1 is 0.762 bits per heavy atom. The lowest BCUT2D eigenvalue weighted by Crippen LogP contribution is -1.83. The van der Waals surface area contributed by atoms with Crippen LogP contribution < -0.4 is 0 Å². The van der Waals surface area contributed by atoms with Gasteiger partial charge in [0.2, 0.25) is 0 Å². The van der Waals surface area contributed by atoms with Gasteiger partial charge in [0, 0.05) is 12.2 Å². The van der Waals surface area contributed by atoms with Crippen LogP contribution in [-0.4, -0.2) is 39.9 Å². The summed E-state index contributed by atoms with van der Waals surface area (Å²) in [5.74, 6) is -1.89. The molecule has 0 spiro atoms. The molecular formula is C12H14O9. The second-order valence-electron chi connectivity index (χ2n) is 2.03. The smallest absolute Gasteiger partial charge is 0.373 e. The van der Waals surface area contributed by atoms with Gasteiger partial charge in [0.15, 0.2) is 0 Å². The Hall–Kier alpha value is -3.38. The zero-order chi connectivity index (χ0) is 16.8. The van der Waals surface area contributed by atoms with Gasteiger partial charge in [0.25, 0.3) is 0 Å². The van der Waals surface area contributed by atoms with Crippen molar-refractivity contribution in [3.8, 4) is 0 Å². The first-order chi connectivity index (χ1) is 9.37. The first-order valence-corrected chi connectivity index (χ1v) is 4.40. The second-order valence-corrected chi connectivity index (χ2v) is 2.03. The van der Waals surface area contributed by atoms with Crippen LogP contribution in [0, 0.1) is 0 Å². The molecule has 0 amide bonds. The zero-order valence-electron chi connectivity index (χ0n) is 10.7. The van der Waals surface area contributed by atoms with Crippen LogP contribution >= 0.6 is 0 Å². The Balaban J connectivity index is -0.0000000576. The highest BCUT2D eigenvalue weighted by atomic mass is 16.4. The summed E-state index contributed by atoms with van der Waals surface area (Å²) in [6.45, 7) is 6.56. The Morgan fingerprint density at radius 3 is 1.00 bits per heavy atom. The van der Waals surface area contributed by atoms with E-state index in [2.05, 4.69) is 13.2 Å². The molecule has 0 bridgehead atoms. The standard InChI is InChI=1S/2C5H6O2.2CO2.H2O/c2*1-2-3-4-5(6)7;2*2-1-3;/h2*2-4H,1H2,(H,6,7);;;1H2/b4-3+;4-3-;;;. The molecule has 116 valence electrons. The van der Waals surface area contributed by atoms with Crippen molar-refractivity contribution >= 4 is 24.2 Å². The van der Waals surface area contributed by atoms with E-state index in [9.17, 15) is 9.59 Å². The zero-order valence-corrected chi connectivity index (χ0v) is 10.7. The Morgan fingerprint density at radius 2 is 0.952 bits per heavy atom. The van der Waals surface area contributed by atoms with Gasteiger partial charge < -0.3 is 15.7 Å². The number of hydrogen-bond donors (Lipinski definition) is 2. The minimum atomic E-state index is -0.945. The number of hydrogen-bond acceptors (Lipinski definition) is 6. The van der Waals surface area contributed by atoms with Crippen molar-refractivity contribution in [2.75, 3.05) is 0 Å². The number of carboxylic acid groups (broad SMARTS) is 2. The fourth-order valence-electron chi connectivity index (χ4n) is 0.301. The molecule has 0 aromatic heterocycles. The Kier molecular flexibility index (Phi) is 52.3. The molecule has 0 aliphatic rings. The van der Waals surface area contributed by atoms with Gasteiger partial charge in [-0.15, -0.1) is 0 Å². The summed E-state index contributed by atoms with van der Waals surface area (Å²) in [5.41, 5.74) is 0. The van der Waals surface area contributed by atoms with E-state index >= 15 is 0 Å². The fourth-order valence-corrected chi connectivity index (χ4v) is 0.301. The molecule has 0 aliphatic carbocycles. The highest BCUT2D eigenvalue weighted by Crippen LogP contribution is 1.70. The van der Waals surface area contributed by atoms with Crippen LogP contribution in [0.2, 0.25) is 0 Å². The highest BCUT2D eigenvalue weighted by Gasteiger charge is 1.78. The van der Waals surface area contributed by atoms with E-state index < -0.39 is 11.9 Å². The molecule has 0 aliphatic heterocycles. The van der Waals surface area contributed by atoms with Crippen molar-refractivity contribution in [3.05, 3.63) is 49.6 Å². The van der Waals surface area contributed by atoms with Crippen LogP contribution in [0.15, 0.2) is 49.6 Å². The molecule has 0 aromatic rings. The lowest BCUT2D eigenvalue weighted by molar-refractivity contribution is -0.193. The van der Waals surface area contributed by atoms with Crippen LogP contribution in [0.5, 0.6) is 0 Å². The van der Waals surface area contributed by atoms with Gasteiger partial charge in [0.05, 0.1) is 0 Å². The minimum Gasteiger partial charge on any atom is -0.478 e. The molecule has 0 unspecified atom stereocenters. The SMILES string of the molecule is C=C/C=C/C(=O)O.C=C/C=C\C(=O)O.O.O=C=O.O=C=O. The summed E-state index contributed by atoms with van der Waals surface area (Å²) in [4.78, 5) is 51.7. The molecule has 9 heteroatoms. The molecule has 0 aromatic carbocycles. The van der Waals surface area contributed by atoms with Crippen molar-refractivity contribution in [2.45, 2.75) is 0 Å². The van der Waals surface area contributed by atoms with Gasteiger partial charge in [0.1, 0.15) is 0 Å². The average Bonchev–Trinajstić information content (AvgIpc) is 2.36. The summed E-state index contributed by atoms with van der Waals surface area (Å²) >= 11 is 0. The van der Waals surface area contributed by atoms with Crippen LogP contribution in [-0.2, 0) is 28.8 Å². The molecule has 0 atom stereocenters. The first kappa shape index (κ1) is 30.6. The van der Waals surface area contributed by atoms with E-state index in [1.807, 2.05) is 0 Å². The molecule has 0 saturated carbocycles. The largest absolute Gasteiger partial charge is 0.478 e. The van der Waals surface area contributed by atoms with Gasteiger partial charge in [-0.1, -0.05) is 37.5 Å². The maximum atomic E-state index is 9.62. The van der Waals surface area contributed by atoms with Gasteiger partial charge in [-0.2, -0.15) is 19.2 Å². The predicted octanol–water partition coefficient (Wildman–Crippen LogP) is -0.365. The molecule has 21 heavy (non-hydrogen) atoms. The van der Waals surface area contributed by atoms with Crippen molar-refractivity contribution in [2.24, 2.45) is 0 Å². The number of carbonyl (C=O) groups is 2. The maximum Gasteiger partial charge on any atom is 0.373 e. The van der Waals surface area contributed by atoms with E-state index in [-0.39, 0.29) is 17.8 Å². The fraction of sp³-hybridized carbons (Fsp3) is 0. The number of aliphatic carboxylic acids is 2.